The molecular weight excluding hydrogens is 302 g/mol. The third-order valence-electron chi connectivity index (χ3n) is 3.61. The second-order valence-corrected chi connectivity index (χ2v) is 5.65. The van der Waals surface area contributed by atoms with E-state index in [9.17, 15) is 0 Å². The molecule has 7 heteroatoms. The lowest BCUT2D eigenvalue weighted by Crippen LogP contribution is -2.01. The van der Waals surface area contributed by atoms with Crippen molar-refractivity contribution in [1.82, 2.24) is 19.6 Å². The Hall–Kier alpha value is -2.34. The van der Waals surface area contributed by atoms with Crippen molar-refractivity contribution in [2.45, 2.75) is 19.9 Å². The summed E-state index contributed by atoms with van der Waals surface area (Å²) in [5.41, 5.74) is 3.20. The Labute approximate surface area is 132 Å². The fraction of sp³-hybridized carbons (Fsp3) is 0.267. The van der Waals surface area contributed by atoms with Gasteiger partial charge in [0.25, 0.3) is 5.78 Å². The molecular formula is C15H14ClN5O. The zero-order chi connectivity index (χ0) is 15.1. The number of hydrogen-bond acceptors (Lipinski definition) is 5. The van der Waals surface area contributed by atoms with E-state index in [4.69, 9.17) is 16.3 Å². The molecule has 0 amide bonds. The van der Waals surface area contributed by atoms with Gasteiger partial charge in [-0.2, -0.15) is 9.50 Å². The highest BCUT2D eigenvalue weighted by atomic mass is 35.5. The van der Waals surface area contributed by atoms with Crippen LogP contribution in [0.15, 0.2) is 24.3 Å². The van der Waals surface area contributed by atoms with E-state index in [1.807, 2.05) is 6.92 Å². The van der Waals surface area contributed by atoms with Crippen LogP contribution in [0.2, 0.25) is 5.15 Å². The van der Waals surface area contributed by atoms with Gasteiger partial charge in [0.1, 0.15) is 10.9 Å². The highest BCUT2D eigenvalue weighted by Crippen LogP contribution is 2.26. The maximum atomic E-state index is 6.13. The first-order chi connectivity index (χ1) is 10.7. The Morgan fingerprint density at radius 1 is 1.32 bits per heavy atom. The third kappa shape index (κ3) is 2.35. The van der Waals surface area contributed by atoms with Gasteiger partial charge in [-0.1, -0.05) is 23.7 Å². The molecule has 0 bridgehead atoms. The summed E-state index contributed by atoms with van der Waals surface area (Å²) >= 11 is 6.13. The van der Waals surface area contributed by atoms with Crippen molar-refractivity contribution in [3.63, 3.8) is 0 Å². The van der Waals surface area contributed by atoms with E-state index in [0.717, 1.165) is 30.0 Å². The summed E-state index contributed by atoms with van der Waals surface area (Å²) in [5, 5.41) is 8.00. The Kier molecular flexibility index (Phi) is 3.11. The molecule has 1 aliphatic rings. The SMILES string of the molecule is Cc1cc(Cl)n2nc(NCc3ccc4c(c3)OCC4)nc2n1. The fourth-order valence-electron chi connectivity index (χ4n) is 2.52. The topological polar surface area (TPSA) is 64.3 Å². The van der Waals surface area contributed by atoms with Crippen LogP contribution in [-0.4, -0.2) is 26.2 Å². The van der Waals surface area contributed by atoms with Crippen LogP contribution in [0, 0.1) is 6.92 Å². The summed E-state index contributed by atoms with van der Waals surface area (Å²) in [5.74, 6) is 1.97. The van der Waals surface area contributed by atoms with Crippen LogP contribution in [-0.2, 0) is 13.0 Å². The first-order valence-corrected chi connectivity index (χ1v) is 7.45. The molecule has 1 N–H and O–H groups in total. The molecule has 112 valence electrons. The number of fused-ring (bicyclic) bond motifs is 2. The average Bonchev–Trinajstić information content (AvgIpc) is 3.10. The van der Waals surface area contributed by atoms with E-state index in [2.05, 4.69) is 38.6 Å². The van der Waals surface area contributed by atoms with Crippen LogP contribution in [0.5, 0.6) is 5.75 Å². The normalized spacial score (nSPS) is 13.2. The number of aryl methyl sites for hydroxylation is 1. The van der Waals surface area contributed by atoms with E-state index in [1.165, 1.54) is 10.1 Å². The lowest BCUT2D eigenvalue weighted by atomic mass is 10.1. The smallest absolute Gasteiger partial charge is 0.255 e. The van der Waals surface area contributed by atoms with Crippen molar-refractivity contribution in [2.75, 3.05) is 11.9 Å². The summed E-state index contributed by atoms with van der Waals surface area (Å²) in [7, 11) is 0. The number of benzene rings is 1. The van der Waals surface area contributed by atoms with E-state index in [-0.39, 0.29) is 0 Å². The molecule has 1 aliphatic heterocycles. The highest BCUT2D eigenvalue weighted by molar-refractivity contribution is 6.29. The van der Waals surface area contributed by atoms with Gasteiger partial charge < -0.3 is 10.1 Å². The molecule has 0 unspecified atom stereocenters. The van der Waals surface area contributed by atoms with Gasteiger partial charge in [0.15, 0.2) is 0 Å². The van der Waals surface area contributed by atoms with Crippen molar-refractivity contribution >= 4 is 23.3 Å². The van der Waals surface area contributed by atoms with Crippen LogP contribution in [0.3, 0.4) is 0 Å². The number of nitrogens with one attached hydrogen (secondary N) is 1. The predicted octanol–water partition coefficient (Wildman–Crippen LogP) is 2.63. The van der Waals surface area contributed by atoms with Crippen LogP contribution < -0.4 is 10.1 Å². The number of nitrogens with zero attached hydrogens (tertiary/aromatic N) is 4. The minimum Gasteiger partial charge on any atom is -0.493 e. The average molecular weight is 316 g/mol. The van der Waals surface area contributed by atoms with Crippen LogP contribution in [0.25, 0.3) is 5.78 Å². The van der Waals surface area contributed by atoms with Crippen molar-refractivity contribution in [3.05, 3.63) is 46.2 Å². The molecule has 3 heterocycles. The van der Waals surface area contributed by atoms with Gasteiger partial charge in [-0.15, -0.1) is 5.10 Å². The van der Waals surface area contributed by atoms with Crippen molar-refractivity contribution in [1.29, 1.82) is 0 Å². The molecule has 0 fully saturated rings. The molecule has 4 rings (SSSR count). The lowest BCUT2D eigenvalue weighted by molar-refractivity contribution is 0.356. The van der Waals surface area contributed by atoms with Gasteiger partial charge in [-0.3, -0.25) is 0 Å². The fourth-order valence-corrected chi connectivity index (χ4v) is 2.79. The first kappa shape index (κ1) is 13.3. The van der Waals surface area contributed by atoms with Gasteiger partial charge in [-0.05, 0) is 30.2 Å². The van der Waals surface area contributed by atoms with E-state index < -0.39 is 0 Å². The second kappa shape index (κ2) is 5.14. The van der Waals surface area contributed by atoms with E-state index in [1.54, 1.807) is 6.07 Å². The minimum absolute atomic E-state index is 0.491. The predicted molar refractivity (Wildman–Crippen MR) is 83.5 cm³/mol. The van der Waals surface area contributed by atoms with Crippen LogP contribution >= 0.6 is 11.6 Å². The molecule has 22 heavy (non-hydrogen) atoms. The Morgan fingerprint density at radius 2 is 2.23 bits per heavy atom. The number of hydrogen-bond donors (Lipinski definition) is 1. The molecule has 6 nitrogen and oxygen atoms in total. The third-order valence-corrected chi connectivity index (χ3v) is 3.88. The summed E-state index contributed by atoms with van der Waals surface area (Å²) < 4.78 is 7.09. The standard InChI is InChI=1S/C15H14ClN5O/c1-9-6-13(16)21-15(18-9)19-14(20-21)17-8-10-2-3-11-4-5-22-12(11)7-10/h2-3,6-7H,4-5,8H2,1H3,(H,17,20). The van der Waals surface area contributed by atoms with Crippen molar-refractivity contribution in [2.24, 2.45) is 0 Å². The molecule has 0 saturated carbocycles. The zero-order valence-electron chi connectivity index (χ0n) is 12.0. The zero-order valence-corrected chi connectivity index (χ0v) is 12.8. The maximum Gasteiger partial charge on any atom is 0.255 e. The molecule has 3 aromatic rings. The number of halogens is 1. The Balaban J connectivity index is 1.55. The number of anilines is 1. The van der Waals surface area contributed by atoms with Gasteiger partial charge in [0.2, 0.25) is 5.95 Å². The largest absolute Gasteiger partial charge is 0.493 e. The lowest BCUT2D eigenvalue weighted by Gasteiger charge is -2.04. The summed E-state index contributed by atoms with van der Waals surface area (Å²) in [4.78, 5) is 8.64. The molecule has 0 spiro atoms. The van der Waals surface area contributed by atoms with Crippen LogP contribution in [0.4, 0.5) is 5.95 Å². The van der Waals surface area contributed by atoms with Gasteiger partial charge in [0, 0.05) is 18.7 Å². The Bertz CT molecular complexity index is 861. The number of ether oxygens (including phenoxy) is 1. The number of aromatic nitrogens is 4. The molecule has 0 saturated heterocycles. The molecule has 0 radical (unpaired) electrons. The van der Waals surface area contributed by atoms with Gasteiger partial charge in [-0.25, -0.2) is 4.98 Å². The Morgan fingerprint density at radius 3 is 3.14 bits per heavy atom. The summed E-state index contributed by atoms with van der Waals surface area (Å²) in [6.07, 6.45) is 0.987. The van der Waals surface area contributed by atoms with Crippen molar-refractivity contribution < 1.29 is 4.74 Å². The highest BCUT2D eigenvalue weighted by Gasteiger charge is 2.12. The quantitative estimate of drug-likeness (QED) is 0.753. The van der Waals surface area contributed by atoms with Crippen LogP contribution in [0.1, 0.15) is 16.8 Å². The van der Waals surface area contributed by atoms with E-state index >= 15 is 0 Å². The summed E-state index contributed by atoms with van der Waals surface area (Å²) in [6.45, 7) is 3.26. The second-order valence-electron chi connectivity index (χ2n) is 5.26. The summed E-state index contributed by atoms with van der Waals surface area (Å²) in [6, 6.07) is 8.01. The van der Waals surface area contributed by atoms with E-state index in [0.29, 0.717) is 23.4 Å². The number of rotatable bonds is 3. The molecule has 1 aromatic carbocycles. The molecule has 0 aliphatic carbocycles. The first-order valence-electron chi connectivity index (χ1n) is 7.07. The minimum atomic E-state index is 0.491. The molecule has 2 aromatic heterocycles. The maximum absolute atomic E-state index is 6.13. The van der Waals surface area contributed by atoms with Gasteiger partial charge in [0.05, 0.1) is 6.61 Å². The monoisotopic (exact) mass is 315 g/mol. The van der Waals surface area contributed by atoms with Crippen molar-refractivity contribution in [3.8, 4) is 5.75 Å². The van der Waals surface area contributed by atoms with Gasteiger partial charge >= 0.3 is 0 Å². The molecule has 0 atom stereocenters.